The van der Waals surface area contributed by atoms with Gasteiger partial charge in [-0.3, -0.25) is 19.3 Å². The van der Waals surface area contributed by atoms with Crippen LogP contribution in [0.4, 0.5) is 0 Å². The maximum atomic E-state index is 11.9. The van der Waals surface area contributed by atoms with Crippen LogP contribution < -0.4 is 10.5 Å². The quantitative estimate of drug-likeness (QED) is 0.391. The molecule has 0 aromatic carbocycles. The summed E-state index contributed by atoms with van der Waals surface area (Å²) in [7, 11) is 4.16. The zero-order chi connectivity index (χ0) is 16.0. The van der Waals surface area contributed by atoms with E-state index in [1.807, 2.05) is 13.8 Å². The highest BCUT2D eigenvalue weighted by Crippen LogP contribution is 2.19. The second-order valence-corrected chi connectivity index (χ2v) is 5.86. The SMILES string of the molecule is CC[C@H](C)n1c(O)c(C=NCCC[NH+](C)C)c(=O)[nH]c1=S. The molecule has 0 fully saturated rings. The largest absolute Gasteiger partial charge is 0.494 e. The van der Waals surface area contributed by atoms with Crippen LogP contribution in [0.3, 0.4) is 0 Å². The van der Waals surface area contributed by atoms with Crippen LogP contribution in [0.25, 0.3) is 0 Å². The molecule has 3 N–H and O–H groups in total. The van der Waals surface area contributed by atoms with E-state index < -0.39 is 5.56 Å². The smallest absolute Gasteiger partial charge is 0.264 e. The zero-order valence-electron chi connectivity index (χ0n) is 13.1. The minimum Gasteiger partial charge on any atom is -0.494 e. The van der Waals surface area contributed by atoms with E-state index in [-0.39, 0.29) is 22.3 Å². The van der Waals surface area contributed by atoms with Crippen LogP contribution in [0, 0.1) is 4.77 Å². The Bertz CT molecular complexity index is 604. The third kappa shape index (κ3) is 4.78. The van der Waals surface area contributed by atoms with Crippen LogP contribution in [0.1, 0.15) is 38.3 Å². The van der Waals surface area contributed by atoms with Gasteiger partial charge in [0.15, 0.2) is 4.77 Å². The number of rotatable bonds is 7. The fourth-order valence-electron chi connectivity index (χ4n) is 1.94. The van der Waals surface area contributed by atoms with Crippen LogP contribution in [-0.2, 0) is 0 Å². The molecule has 0 amide bonds. The summed E-state index contributed by atoms with van der Waals surface area (Å²) in [5.41, 5.74) is -0.236. The maximum absolute atomic E-state index is 11.9. The lowest BCUT2D eigenvalue weighted by atomic mass is 10.2. The number of hydrogen-bond donors (Lipinski definition) is 3. The highest BCUT2D eigenvalue weighted by Gasteiger charge is 2.14. The summed E-state index contributed by atoms with van der Waals surface area (Å²) < 4.78 is 1.79. The Morgan fingerprint density at radius 1 is 1.52 bits per heavy atom. The molecule has 6 nitrogen and oxygen atoms in total. The van der Waals surface area contributed by atoms with Gasteiger partial charge in [0.1, 0.15) is 5.56 Å². The van der Waals surface area contributed by atoms with E-state index in [0.717, 1.165) is 19.4 Å². The van der Waals surface area contributed by atoms with Crippen molar-refractivity contribution in [1.82, 2.24) is 9.55 Å². The van der Waals surface area contributed by atoms with Crippen molar-refractivity contribution in [2.24, 2.45) is 4.99 Å². The monoisotopic (exact) mass is 313 g/mol. The molecular weight excluding hydrogens is 288 g/mol. The fourth-order valence-corrected chi connectivity index (χ4v) is 2.30. The standard InChI is InChI=1S/C14H24N4O2S/c1-5-10(2)18-13(20)11(12(19)16-14(18)21)9-15-7-6-8-17(3)4/h9-10,20H,5-8H2,1-4H3,(H,16,19,21)/p+1/t10-/m0/s1. The van der Waals surface area contributed by atoms with Crippen molar-refractivity contribution < 1.29 is 10.0 Å². The van der Waals surface area contributed by atoms with Crippen LogP contribution >= 0.6 is 12.2 Å². The lowest BCUT2D eigenvalue weighted by Gasteiger charge is -2.16. The van der Waals surface area contributed by atoms with Gasteiger partial charge in [-0.25, -0.2) is 0 Å². The van der Waals surface area contributed by atoms with Crippen molar-refractivity contribution in [2.75, 3.05) is 27.2 Å². The highest BCUT2D eigenvalue weighted by molar-refractivity contribution is 7.71. The van der Waals surface area contributed by atoms with Gasteiger partial charge in [0.2, 0.25) is 5.88 Å². The van der Waals surface area contributed by atoms with Gasteiger partial charge >= 0.3 is 0 Å². The number of H-pyrrole nitrogens is 1. The van der Waals surface area contributed by atoms with Crippen molar-refractivity contribution in [1.29, 1.82) is 0 Å². The Kier molecular flexibility index (Phi) is 6.77. The molecule has 1 aromatic rings. The van der Waals surface area contributed by atoms with Crippen molar-refractivity contribution in [3.8, 4) is 5.88 Å². The number of nitrogens with one attached hydrogen (secondary N) is 2. The minimum absolute atomic E-state index is 0.0128. The van der Waals surface area contributed by atoms with E-state index in [4.69, 9.17) is 12.2 Å². The van der Waals surface area contributed by atoms with Crippen LogP contribution in [0.15, 0.2) is 9.79 Å². The first-order valence-electron chi connectivity index (χ1n) is 7.25. The van der Waals surface area contributed by atoms with Gasteiger partial charge in [0.25, 0.3) is 5.56 Å². The number of quaternary nitrogens is 1. The molecule has 1 heterocycles. The molecule has 0 unspecified atom stereocenters. The molecule has 0 radical (unpaired) electrons. The van der Waals surface area contributed by atoms with Crippen LogP contribution in [-0.4, -0.2) is 48.1 Å². The maximum Gasteiger partial charge on any atom is 0.264 e. The van der Waals surface area contributed by atoms with E-state index in [1.165, 1.54) is 11.1 Å². The fraction of sp³-hybridized carbons (Fsp3) is 0.643. The molecule has 21 heavy (non-hydrogen) atoms. The van der Waals surface area contributed by atoms with Crippen LogP contribution in [0.2, 0.25) is 0 Å². The Balaban J connectivity index is 3.00. The molecule has 0 spiro atoms. The molecule has 1 aromatic heterocycles. The Hall–Kier alpha value is -1.47. The van der Waals surface area contributed by atoms with Crippen molar-refractivity contribution in [3.05, 3.63) is 20.7 Å². The number of aromatic hydroxyl groups is 1. The molecule has 1 rings (SSSR count). The van der Waals surface area contributed by atoms with Crippen molar-refractivity contribution >= 4 is 18.4 Å². The van der Waals surface area contributed by atoms with Gasteiger partial charge in [-0.2, -0.15) is 0 Å². The topological polar surface area (TPSA) is 74.8 Å². The molecule has 0 aliphatic carbocycles. The van der Waals surface area contributed by atoms with E-state index in [0.29, 0.717) is 6.54 Å². The summed E-state index contributed by atoms with van der Waals surface area (Å²) in [6.45, 7) is 5.57. The number of nitrogens with zero attached hydrogens (tertiary/aromatic N) is 2. The molecule has 0 bridgehead atoms. The number of hydrogen-bond acceptors (Lipinski definition) is 4. The summed E-state index contributed by atoms with van der Waals surface area (Å²) in [6.07, 6.45) is 3.17. The van der Waals surface area contributed by atoms with Gasteiger partial charge in [0.05, 0.1) is 20.6 Å². The Morgan fingerprint density at radius 2 is 2.19 bits per heavy atom. The first-order chi connectivity index (χ1) is 9.88. The van der Waals surface area contributed by atoms with Gasteiger partial charge < -0.3 is 10.0 Å². The lowest BCUT2D eigenvalue weighted by molar-refractivity contribution is -0.858. The molecule has 1 atom stereocenters. The average molecular weight is 313 g/mol. The van der Waals surface area contributed by atoms with Gasteiger partial charge in [-0.05, 0) is 25.6 Å². The normalized spacial score (nSPS) is 13.2. The molecule has 7 heteroatoms. The molecule has 118 valence electrons. The first kappa shape index (κ1) is 17.6. The third-order valence-electron chi connectivity index (χ3n) is 3.37. The summed E-state index contributed by atoms with van der Waals surface area (Å²) in [5, 5.41) is 10.3. The Morgan fingerprint density at radius 3 is 2.76 bits per heavy atom. The van der Waals surface area contributed by atoms with E-state index in [2.05, 4.69) is 24.1 Å². The van der Waals surface area contributed by atoms with Crippen molar-refractivity contribution in [3.63, 3.8) is 0 Å². The predicted octanol–water partition coefficient (Wildman–Crippen LogP) is 0.536. The molecule has 0 saturated carbocycles. The van der Waals surface area contributed by atoms with E-state index in [9.17, 15) is 9.90 Å². The average Bonchev–Trinajstić information content (AvgIpc) is 2.40. The molecular formula is C14H25N4O2S+. The molecule has 0 aliphatic heterocycles. The molecule has 0 aliphatic rings. The van der Waals surface area contributed by atoms with Gasteiger partial charge in [0, 0.05) is 25.2 Å². The third-order valence-corrected chi connectivity index (χ3v) is 3.67. The number of aliphatic imine (C=N–C) groups is 1. The number of aromatic nitrogens is 2. The summed E-state index contributed by atoms with van der Waals surface area (Å²) >= 11 is 5.11. The van der Waals surface area contributed by atoms with E-state index >= 15 is 0 Å². The van der Waals surface area contributed by atoms with Gasteiger partial charge in [-0.1, -0.05) is 6.92 Å². The first-order valence-corrected chi connectivity index (χ1v) is 7.65. The summed E-state index contributed by atoms with van der Waals surface area (Å²) in [5.74, 6) is -0.111. The predicted molar refractivity (Wildman–Crippen MR) is 87.3 cm³/mol. The van der Waals surface area contributed by atoms with Crippen molar-refractivity contribution in [2.45, 2.75) is 32.7 Å². The number of aromatic amines is 1. The van der Waals surface area contributed by atoms with E-state index in [1.54, 1.807) is 4.57 Å². The molecule has 0 saturated heterocycles. The summed E-state index contributed by atoms with van der Waals surface area (Å²) in [4.78, 5) is 20.1. The highest BCUT2D eigenvalue weighted by atomic mass is 32.1. The van der Waals surface area contributed by atoms with Crippen LogP contribution in [0.5, 0.6) is 5.88 Å². The summed E-state index contributed by atoms with van der Waals surface area (Å²) in [6, 6.07) is 0.0128. The Labute approximate surface area is 130 Å². The second-order valence-electron chi connectivity index (χ2n) is 5.47. The second kappa shape index (κ2) is 8.09. The lowest BCUT2D eigenvalue weighted by Crippen LogP contribution is -3.05. The van der Waals surface area contributed by atoms with Gasteiger partial charge in [-0.15, -0.1) is 0 Å². The zero-order valence-corrected chi connectivity index (χ0v) is 14.0. The minimum atomic E-state index is -0.404.